The van der Waals surface area contributed by atoms with E-state index in [4.69, 9.17) is 0 Å². The van der Waals surface area contributed by atoms with E-state index in [-0.39, 0.29) is 16.8 Å². The van der Waals surface area contributed by atoms with Crippen LogP contribution in [0.5, 0.6) is 0 Å². The Hall–Kier alpha value is -3.46. The van der Waals surface area contributed by atoms with Gasteiger partial charge in [0.15, 0.2) is 10.9 Å². The molecule has 0 atom stereocenters. The van der Waals surface area contributed by atoms with Crippen molar-refractivity contribution >= 4 is 48.9 Å². The summed E-state index contributed by atoms with van der Waals surface area (Å²) in [5, 5.41) is 5.54. The summed E-state index contributed by atoms with van der Waals surface area (Å²) in [7, 11) is 0. The number of nitrogens with zero attached hydrogens (tertiary/aromatic N) is 1. The second-order valence-corrected chi connectivity index (χ2v) is 7.95. The third kappa shape index (κ3) is 1.79. The molecule has 28 heavy (non-hydrogen) atoms. The molecule has 3 heterocycles. The normalized spacial score (nSPS) is 12.5. The Kier molecular flexibility index (Phi) is 2.83. The van der Waals surface area contributed by atoms with Crippen LogP contribution in [0, 0.1) is 0 Å². The monoisotopic (exact) mass is 363 g/mol. The van der Waals surface area contributed by atoms with Crippen LogP contribution in [0.2, 0.25) is 0 Å². The molecule has 0 aliphatic rings. The standard InChI is InChI=1S/C25H17NO2/c1-13(2)15-9-18-22(27)11-20-16-7-3-5-14-6-4-8-17(24(14)16)21-12-23(28)19(10-15)25(18)26(20)21/h3-13H,1-2H3. The van der Waals surface area contributed by atoms with E-state index in [0.29, 0.717) is 10.8 Å². The Morgan fingerprint density at radius 3 is 1.75 bits per heavy atom. The molecule has 0 saturated carbocycles. The van der Waals surface area contributed by atoms with Crippen molar-refractivity contribution in [3.05, 3.63) is 86.7 Å². The molecule has 0 fully saturated rings. The van der Waals surface area contributed by atoms with Gasteiger partial charge in [-0.1, -0.05) is 50.2 Å². The van der Waals surface area contributed by atoms with Gasteiger partial charge in [-0.3, -0.25) is 9.59 Å². The van der Waals surface area contributed by atoms with Gasteiger partial charge in [-0.05, 0) is 29.0 Å². The summed E-state index contributed by atoms with van der Waals surface area (Å²) in [6.45, 7) is 4.16. The minimum absolute atomic E-state index is 0.0320. The summed E-state index contributed by atoms with van der Waals surface area (Å²) >= 11 is 0. The van der Waals surface area contributed by atoms with Gasteiger partial charge in [-0.2, -0.15) is 0 Å². The van der Waals surface area contributed by atoms with Crippen LogP contribution in [0.3, 0.4) is 0 Å². The predicted molar refractivity (Wildman–Crippen MR) is 116 cm³/mol. The molecular formula is C25H17NO2. The number of aromatic nitrogens is 1. The van der Waals surface area contributed by atoms with Gasteiger partial charge in [0.1, 0.15) is 0 Å². The number of pyridine rings is 3. The van der Waals surface area contributed by atoms with Gasteiger partial charge in [0.05, 0.1) is 16.6 Å². The molecule has 0 spiro atoms. The Balaban J connectivity index is 2.05. The Labute approximate surface area is 160 Å². The fourth-order valence-corrected chi connectivity index (χ4v) is 4.67. The molecule has 0 saturated heterocycles. The summed E-state index contributed by atoms with van der Waals surface area (Å²) in [5.41, 5.74) is 3.41. The number of benzene rings is 3. The van der Waals surface area contributed by atoms with E-state index in [9.17, 15) is 9.59 Å². The third-order valence-electron chi connectivity index (χ3n) is 6.03. The number of fused-ring (bicyclic) bond motifs is 2. The van der Waals surface area contributed by atoms with E-state index in [1.165, 1.54) is 0 Å². The zero-order valence-electron chi connectivity index (χ0n) is 15.6. The average molecular weight is 363 g/mol. The lowest BCUT2D eigenvalue weighted by atomic mass is 9.94. The average Bonchev–Trinajstić information content (AvgIpc) is 2.70. The van der Waals surface area contributed by atoms with E-state index in [1.54, 1.807) is 12.1 Å². The molecular weight excluding hydrogens is 346 g/mol. The van der Waals surface area contributed by atoms with E-state index in [1.807, 2.05) is 24.3 Å². The molecule has 6 aromatic rings. The fraction of sp³-hybridized carbons (Fsp3) is 0.120. The Morgan fingerprint density at radius 2 is 1.25 bits per heavy atom. The van der Waals surface area contributed by atoms with Crippen LogP contribution in [0.25, 0.3) is 48.9 Å². The lowest BCUT2D eigenvalue weighted by Crippen LogP contribution is -2.13. The molecule has 0 radical (unpaired) electrons. The van der Waals surface area contributed by atoms with E-state index in [2.05, 4.69) is 42.5 Å². The molecule has 3 heteroatoms. The highest BCUT2D eigenvalue weighted by atomic mass is 16.1. The number of hydrogen-bond donors (Lipinski definition) is 0. The molecule has 0 aliphatic heterocycles. The minimum atomic E-state index is -0.0320. The first-order valence-corrected chi connectivity index (χ1v) is 9.57. The topological polar surface area (TPSA) is 38.5 Å². The smallest absolute Gasteiger partial charge is 0.190 e. The van der Waals surface area contributed by atoms with Crippen LogP contribution in [0.4, 0.5) is 0 Å². The van der Waals surface area contributed by atoms with Crippen molar-refractivity contribution in [3.63, 3.8) is 0 Å². The molecule has 0 aliphatic carbocycles. The zero-order valence-corrected chi connectivity index (χ0v) is 15.6. The van der Waals surface area contributed by atoms with Crippen LogP contribution < -0.4 is 10.9 Å². The highest BCUT2D eigenvalue weighted by Crippen LogP contribution is 2.36. The molecule has 3 aromatic carbocycles. The van der Waals surface area contributed by atoms with Gasteiger partial charge >= 0.3 is 0 Å². The maximum atomic E-state index is 13.1. The maximum absolute atomic E-state index is 13.1. The zero-order chi connectivity index (χ0) is 19.2. The first-order valence-electron chi connectivity index (χ1n) is 9.57. The van der Waals surface area contributed by atoms with Crippen LogP contribution >= 0.6 is 0 Å². The first kappa shape index (κ1) is 15.6. The van der Waals surface area contributed by atoms with Crippen molar-refractivity contribution in [1.29, 1.82) is 0 Å². The van der Waals surface area contributed by atoms with Crippen molar-refractivity contribution in [2.45, 2.75) is 19.8 Å². The second-order valence-electron chi connectivity index (χ2n) is 7.95. The van der Waals surface area contributed by atoms with Crippen molar-refractivity contribution in [2.75, 3.05) is 0 Å². The number of hydrogen-bond acceptors (Lipinski definition) is 2. The van der Waals surface area contributed by atoms with E-state index < -0.39 is 0 Å². The molecule has 0 unspecified atom stereocenters. The molecule has 134 valence electrons. The Morgan fingerprint density at radius 1 is 0.714 bits per heavy atom. The maximum Gasteiger partial charge on any atom is 0.190 e. The van der Waals surface area contributed by atoms with Gasteiger partial charge in [0.25, 0.3) is 0 Å². The van der Waals surface area contributed by atoms with Gasteiger partial charge in [-0.25, -0.2) is 0 Å². The summed E-state index contributed by atoms with van der Waals surface area (Å²) in [5.74, 6) is 0.244. The van der Waals surface area contributed by atoms with Crippen molar-refractivity contribution in [2.24, 2.45) is 0 Å². The van der Waals surface area contributed by atoms with E-state index in [0.717, 1.165) is 43.7 Å². The highest BCUT2D eigenvalue weighted by molar-refractivity contribution is 6.22. The van der Waals surface area contributed by atoms with Gasteiger partial charge in [0, 0.05) is 39.1 Å². The molecule has 3 aromatic heterocycles. The van der Waals surface area contributed by atoms with Crippen molar-refractivity contribution in [3.8, 4) is 0 Å². The summed E-state index contributed by atoms with van der Waals surface area (Å²) in [6, 6.07) is 19.7. The summed E-state index contributed by atoms with van der Waals surface area (Å²) < 4.78 is 2.11. The van der Waals surface area contributed by atoms with Crippen LogP contribution in [-0.2, 0) is 0 Å². The molecule has 3 nitrogen and oxygen atoms in total. The summed E-state index contributed by atoms with van der Waals surface area (Å²) in [6.07, 6.45) is 0. The van der Waals surface area contributed by atoms with Crippen LogP contribution in [-0.4, -0.2) is 4.40 Å². The summed E-state index contributed by atoms with van der Waals surface area (Å²) in [4.78, 5) is 26.2. The van der Waals surface area contributed by atoms with Gasteiger partial charge < -0.3 is 4.40 Å². The van der Waals surface area contributed by atoms with Crippen LogP contribution in [0.1, 0.15) is 25.3 Å². The Bertz CT molecular complexity index is 1560. The molecule has 0 N–H and O–H groups in total. The minimum Gasteiger partial charge on any atom is -0.307 e. The van der Waals surface area contributed by atoms with Crippen molar-refractivity contribution < 1.29 is 0 Å². The lowest BCUT2D eigenvalue weighted by molar-refractivity contribution is 0.869. The largest absolute Gasteiger partial charge is 0.307 e. The van der Waals surface area contributed by atoms with Crippen molar-refractivity contribution in [1.82, 2.24) is 4.40 Å². The fourth-order valence-electron chi connectivity index (χ4n) is 4.67. The third-order valence-corrected chi connectivity index (χ3v) is 6.03. The van der Waals surface area contributed by atoms with Crippen LogP contribution in [0.15, 0.2) is 70.3 Å². The first-order chi connectivity index (χ1) is 13.5. The van der Waals surface area contributed by atoms with Gasteiger partial charge in [-0.15, -0.1) is 0 Å². The number of rotatable bonds is 1. The SMILES string of the molecule is CC(C)c1cc2c(=O)cc3c4cccc5cccc(c54)c4cc(=O)c(c1)c2n34. The van der Waals surface area contributed by atoms with E-state index >= 15 is 0 Å². The lowest BCUT2D eigenvalue weighted by Gasteiger charge is -2.18. The predicted octanol–water partition coefficient (Wildman–Crippen LogP) is 5.27. The molecule has 0 amide bonds. The molecule has 6 rings (SSSR count). The second kappa shape index (κ2) is 5.08. The quantitative estimate of drug-likeness (QED) is 0.295. The molecule has 0 bridgehead atoms. The highest BCUT2D eigenvalue weighted by Gasteiger charge is 2.18. The van der Waals surface area contributed by atoms with Gasteiger partial charge in [0.2, 0.25) is 0 Å².